The van der Waals surface area contributed by atoms with Gasteiger partial charge in [-0.3, -0.25) is 0 Å². The van der Waals surface area contributed by atoms with Crippen LogP contribution in [0.25, 0.3) is 0 Å². The van der Waals surface area contributed by atoms with Crippen molar-refractivity contribution in [1.82, 2.24) is 0 Å². The minimum Gasteiger partial charge on any atom is -0.378 e. The summed E-state index contributed by atoms with van der Waals surface area (Å²) in [6, 6.07) is 0. The molecule has 0 aromatic heterocycles. The summed E-state index contributed by atoms with van der Waals surface area (Å²) in [6.45, 7) is 5.68. The van der Waals surface area contributed by atoms with Crippen LogP contribution < -0.4 is 0 Å². The highest BCUT2D eigenvalue weighted by Gasteiger charge is 2.41. The van der Waals surface area contributed by atoms with Crippen molar-refractivity contribution in [2.75, 3.05) is 6.61 Å². The fraction of sp³-hybridized carbons (Fsp3) is 1.00. The Kier molecular flexibility index (Phi) is 1.48. The molecule has 1 aliphatic carbocycles. The Hall–Kier alpha value is -0.0400. The normalized spacial score (nSPS) is 45.3. The van der Waals surface area contributed by atoms with Crippen LogP contribution in [0.3, 0.4) is 0 Å². The molecule has 3 atom stereocenters. The van der Waals surface area contributed by atoms with Crippen molar-refractivity contribution < 1.29 is 4.74 Å². The Bertz CT molecular complexity index is 131. The standard InChI is InChI=1S/C9H16O/c1-6(2)8-3-7-4-9(8)10-5-7/h6-9H,3-5H2,1-2H3/t7-,8?,9-/m1/s1. The lowest BCUT2D eigenvalue weighted by molar-refractivity contribution is 0.0170. The summed E-state index contributed by atoms with van der Waals surface area (Å²) in [5.41, 5.74) is 0. The number of hydrogen-bond donors (Lipinski definition) is 0. The van der Waals surface area contributed by atoms with Crippen LogP contribution >= 0.6 is 0 Å². The van der Waals surface area contributed by atoms with Gasteiger partial charge in [0.05, 0.1) is 6.10 Å². The lowest BCUT2D eigenvalue weighted by Crippen LogP contribution is -2.24. The van der Waals surface area contributed by atoms with Crippen LogP contribution in [0, 0.1) is 17.8 Å². The van der Waals surface area contributed by atoms with E-state index in [4.69, 9.17) is 4.74 Å². The van der Waals surface area contributed by atoms with Crippen molar-refractivity contribution in [1.29, 1.82) is 0 Å². The van der Waals surface area contributed by atoms with Gasteiger partial charge in [-0.15, -0.1) is 0 Å². The molecule has 0 aromatic rings. The van der Waals surface area contributed by atoms with E-state index in [0.717, 1.165) is 24.4 Å². The van der Waals surface area contributed by atoms with E-state index in [2.05, 4.69) is 13.8 Å². The second kappa shape index (κ2) is 2.23. The first-order valence-corrected chi connectivity index (χ1v) is 4.39. The third kappa shape index (κ3) is 0.878. The zero-order chi connectivity index (χ0) is 7.14. The number of hydrogen-bond acceptors (Lipinski definition) is 1. The van der Waals surface area contributed by atoms with Gasteiger partial charge in [0, 0.05) is 6.61 Å². The van der Waals surface area contributed by atoms with Crippen LogP contribution in [-0.2, 0) is 4.74 Å². The van der Waals surface area contributed by atoms with E-state index in [1.54, 1.807) is 0 Å². The highest BCUT2D eigenvalue weighted by molar-refractivity contribution is 4.90. The first kappa shape index (κ1) is 6.66. The fourth-order valence-electron chi connectivity index (χ4n) is 2.43. The van der Waals surface area contributed by atoms with E-state index in [9.17, 15) is 0 Å². The lowest BCUT2D eigenvalue weighted by atomic mass is 9.91. The Labute approximate surface area is 62.8 Å². The van der Waals surface area contributed by atoms with Gasteiger partial charge < -0.3 is 4.74 Å². The summed E-state index contributed by atoms with van der Waals surface area (Å²) in [5.74, 6) is 2.62. The molecule has 1 heterocycles. The molecule has 1 heteroatoms. The van der Waals surface area contributed by atoms with E-state index in [1.807, 2.05) is 0 Å². The highest BCUT2D eigenvalue weighted by atomic mass is 16.5. The molecule has 2 bridgehead atoms. The van der Waals surface area contributed by atoms with E-state index in [0.29, 0.717) is 6.10 Å². The predicted octanol–water partition coefficient (Wildman–Crippen LogP) is 2.07. The second-order valence-corrected chi connectivity index (χ2v) is 4.12. The SMILES string of the molecule is CC(C)C1C[C@H]2CO[C@@H]1C2. The molecule has 1 saturated carbocycles. The molecular weight excluding hydrogens is 124 g/mol. The smallest absolute Gasteiger partial charge is 0.0609 e. The number of ether oxygens (including phenoxy) is 1. The first-order chi connectivity index (χ1) is 4.77. The van der Waals surface area contributed by atoms with Crippen LogP contribution in [0.5, 0.6) is 0 Å². The molecular formula is C9H16O. The number of rotatable bonds is 1. The molecule has 58 valence electrons. The maximum atomic E-state index is 5.63. The molecule has 0 amide bonds. The van der Waals surface area contributed by atoms with E-state index >= 15 is 0 Å². The molecule has 0 radical (unpaired) electrons. The summed E-state index contributed by atoms with van der Waals surface area (Å²) in [6.07, 6.45) is 3.41. The van der Waals surface area contributed by atoms with Crippen molar-refractivity contribution in [3.05, 3.63) is 0 Å². The fourth-order valence-corrected chi connectivity index (χ4v) is 2.43. The largest absolute Gasteiger partial charge is 0.378 e. The minimum absolute atomic E-state index is 0.630. The molecule has 2 rings (SSSR count). The Morgan fingerprint density at radius 2 is 2.10 bits per heavy atom. The highest BCUT2D eigenvalue weighted by Crippen LogP contribution is 2.42. The average molecular weight is 140 g/mol. The quantitative estimate of drug-likeness (QED) is 0.541. The third-order valence-corrected chi connectivity index (χ3v) is 3.05. The molecule has 2 fully saturated rings. The molecule has 1 aliphatic heterocycles. The van der Waals surface area contributed by atoms with Crippen LogP contribution in [0.15, 0.2) is 0 Å². The molecule has 10 heavy (non-hydrogen) atoms. The second-order valence-electron chi connectivity index (χ2n) is 4.12. The maximum absolute atomic E-state index is 5.63. The Morgan fingerprint density at radius 1 is 1.30 bits per heavy atom. The van der Waals surface area contributed by atoms with Crippen molar-refractivity contribution in [3.8, 4) is 0 Å². The van der Waals surface area contributed by atoms with Gasteiger partial charge in [0.15, 0.2) is 0 Å². The zero-order valence-electron chi connectivity index (χ0n) is 6.84. The summed E-state index contributed by atoms with van der Waals surface area (Å²) in [5, 5.41) is 0. The average Bonchev–Trinajstić information content (AvgIpc) is 2.44. The van der Waals surface area contributed by atoms with Crippen molar-refractivity contribution in [3.63, 3.8) is 0 Å². The van der Waals surface area contributed by atoms with Gasteiger partial charge in [-0.1, -0.05) is 13.8 Å². The van der Waals surface area contributed by atoms with Crippen LogP contribution in [0.1, 0.15) is 26.7 Å². The Morgan fingerprint density at radius 3 is 2.40 bits per heavy atom. The van der Waals surface area contributed by atoms with Gasteiger partial charge in [-0.2, -0.15) is 0 Å². The van der Waals surface area contributed by atoms with Crippen LogP contribution in [0.4, 0.5) is 0 Å². The summed E-state index contributed by atoms with van der Waals surface area (Å²) in [7, 11) is 0. The third-order valence-electron chi connectivity index (χ3n) is 3.05. The minimum atomic E-state index is 0.630. The molecule has 0 spiro atoms. The topological polar surface area (TPSA) is 9.23 Å². The molecule has 1 unspecified atom stereocenters. The summed E-state index contributed by atoms with van der Waals surface area (Å²) in [4.78, 5) is 0. The monoisotopic (exact) mass is 140 g/mol. The van der Waals surface area contributed by atoms with Crippen LogP contribution in [0.2, 0.25) is 0 Å². The van der Waals surface area contributed by atoms with E-state index in [1.165, 1.54) is 12.8 Å². The van der Waals surface area contributed by atoms with E-state index < -0.39 is 0 Å². The van der Waals surface area contributed by atoms with Crippen LogP contribution in [-0.4, -0.2) is 12.7 Å². The van der Waals surface area contributed by atoms with Gasteiger partial charge in [-0.05, 0) is 30.6 Å². The summed E-state index contributed by atoms with van der Waals surface area (Å²) >= 11 is 0. The van der Waals surface area contributed by atoms with Gasteiger partial charge in [0.1, 0.15) is 0 Å². The molecule has 1 saturated heterocycles. The molecule has 0 N–H and O–H groups in total. The first-order valence-electron chi connectivity index (χ1n) is 4.39. The lowest BCUT2D eigenvalue weighted by Gasteiger charge is -2.25. The summed E-state index contributed by atoms with van der Waals surface area (Å²) < 4.78 is 5.63. The Balaban J connectivity index is 2.02. The van der Waals surface area contributed by atoms with Crippen molar-refractivity contribution in [2.24, 2.45) is 17.8 Å². The van der Waals surface area contributed by atoms with Crippen molar-refractivity contribution in [2.45, 2.75) is 32.8 Å². The van der Waals surface area contributed by atoms with Gasteiger partial charge in [0.25, 0.3) is 0 Å². The van der Waals surface area contributed by atoms with Gasteiger partial charge >= 0.3 is 0 Å². The predicted molar refractivity (Wildman–Crippen MR) is 40.8 cm³/mol. The number of fused-ring (bicyclic) bond motifs is 2. The maximum Gasteiger partial charge on any atom is 0.0609 e. The zero-order valence-corrected chi connectivity index (χ0v) is 6.84. The molecule has 0 aromatic carbocycles. The van der Waals surface area contributed by atoms with Crippen molar-refractivity contribution >= 4 is 0 Å². The molecule has 1 nitrogen and oxygen atoms in total. The van der Waals surface area contributed by atoms with Gasteiger partial charge in [0.2, 0.25) is 0 Å². The molecule has 2 aliphatic rings. The van der Waals surface area contributed by atoms with Gasteiger partial charge in [-0.25, -0.2) is 0 Å². The van der Waals surface area contributed by atoms with E-state index in [-0.39, 0.29) is 0 Å².